The first-order valence-electron chi connectivity index (χ1n) is 6.85. The van der Waals surface area contributed by atoms with Crippen LogP contribution in [0.25, 0.3) is 0 Å². The summed E-state index contributed by atoms with van der Waals surface area (Å²) in [5.74, 6) is -1.59. The van der Waals surface area contributed by atoms with E-state index in [0.717, 1.165) is 30.6 Å². The van der Waals surface area contributed by atoms with E-state index >= 15 is 0 Å². The van der Waals surface area contributed by atoms with Gasteiger partial charge >= 0.3 is 5.97 Å². The molecule has 3 N–H and O–H groups in total. The van der Waals surface area contributed by atoms with E-state index in [1.54, 1.807) is 17.0 Å². The summed E-state index contributed by atoms with van der Waals surface area (Å²) in [6.45, 7) is 1.15. The minimum atomic E-state index is -0.723. The summed E-state index contributed by atoms with van der Waals surface area (Å²) in [4.78, 5) is 37.0. The highest BCUT2D eigenvalue weighted by Crippen LogP contribution is 2.59. The number of carboxylic acids is 1. The Bertz CT molecular complexity index is 616. The smallest absolute Gasteiger partial charge is 0.307 e. The average Bonchev–Trinajstić information content (AvgIpc) is 2.94. The van der Waals surface area contributed by atoms with Gasteiger partial charge in [0.1, 0.15) is 0 Å². The van der Waals surface area contributed by atoms with E-state index in [2.05, 4.69) is 0 Å². The number of amides is 2. The number of likely N-dealkylation sites (tertiary alicyclic amines) is 1. The number of piperidine rings is 1. The molecule has 1 spiro atoms. The van der Waals surface area contributed by atoms with Gasteiger partial charge in [0.2, 0.25) is 0 Å². The molecule has 1 aromatic heterocycles. The second-order valence-electron chi connectivity index (χ2n) is 5.78. The van der Waals surface area contributed by atoms with Crippen LogP contribution in [0.1, 0.15) is 38.6 Å². The number of carboxylic acid groups (broad SMARTS) is 1. The van der Waals surface area contributed by atoms with Crippen molar-refractivity contribution in [1.82, 2.24) is 4.90 Å². The predicted octanol–water partition coefficient (Wildman–Crippen LogP) is 1.17. The zero-order chi connectivity index (χ0) is 15.2. The van der Waals surface area contributed by atoms with E-state index < -0.39 is 11.9 Å². The lowest BCUT2D eigenvalue weighted by Gasteiger charge is -2.32. The van der Waals surface area contributed by atoms with Gasteiger partial charge in [-0.25, -0.2) is 0 Å². The molecule has 2 fully saturated rings. The first-order valence-corrected chi connectivity index (χ1v) is 7.66. The van der Waals surface area contributed by atoms with Crippen molar-refractivity contribution in [3.05, 3.63) is 21.9 Å². The third kappa shape index (κ3) is 2.42. The van der Waals surface area contributed by atoms with Crippen molar-refractivity contribution >= 4 is 29.1 Å². The van der Waals surface area contributed by atoms with Crippen LogP contribution >= 0.6 is 11.3 Å². The van der Waals surface area contributed by atoms with E-state index in [9.17, 15) is 14.4 Å². The topological polar surface area (TPSA) is 101 Å². The normalized spacial score (nSPS) is 23.0. The molecular weight excluding hydrogens is 292 g/mol. The number of hydrogen-bond acceptors (Lipinski definition) is 4. The van der Waals surface area contributed by atoms with Crippen molar-refractivity contribution in [3.8, 4) is 0 Å². The minimum absolute atomic E-state index is 0.0869. The number of nitrogens with zero attached hydrogens (tertiary/aromatic N) is 1. The van der Waals surface area contributed by atoms with Crippen LogP contribution in [-0.2, 0) is 4.79 Å². The fraction of sp³-hybridized carbons (Fsp3) is 0.500. The standard InChI is InChI=1S/C14H16N2O4S/c15-11(17)9-1-2-10(21-9)12(18)16-5-3-14(4-6-16)7-8(14)13(19)20/h1-2,8H,3-7H2,(H2,15,17)(H,19,20). The van der Waals surface area contributed by atoms with Gasteiger partial charge in [-0.3, -0.25) is 14.4 Å². The zero-order valence-corrected chi connectivity index (χ0v) is 12.2. The molecular formula is C14H16N2O4S. The number of hydrogen-bond donors (Lipinski definition) is 2. The van der Waals surface area contributed by atoms with Crippen LogP contribution in [0.4, 0.5) is 0 Å². The number of thiophene rings is 1. The van der Waals surface area contributed by atoms with E-state index in [0.29, 0.717) is 22.8 Å². The number of carbonyl (C=O) groups excluding carboxylic acids is 2. The lowest BCUT2D eigenvalue weighted by Crippen LogP contribution is -2.39. The molecule has 112 valence electrons. The van der Waals surface area contributed by atoms with Crippen LogP contribution in [-0.4, -0.2) is 40.9 Å². The summed E-state index contributed by atoms with van der Waals surface area (Å²) >= 11 is 1.10. The number of rotatable bonds is 3. The molecule has 2 heterocycles. The van der Waals surface area contributed by atoms with E-state index in [4.69, 9.17) is 10.8 Å². The molecule has 7 heteroatoms. The Kier molecular flexibility index (Phi) is 3.24. The molecule has 1 aromatic rings. The van der Waals surface area contributed by atoms with Crippen molar-refractivity contribution in [3.63, 3.8) is 0 Å². The third-order valence-corrected chi connectivity index (χ3v) is 5.68. The van der Waals surface area contributed by atoms with E-state index in [1.165, 1.54) is 0 Å². The molecule has 2 aliphatic rings. The second kappa shape index (κ2) is 4.84. The lowest BCUT2D eigenvalue weighted by atomic mass is 9.91. The lowest BCUT2D eigenvalue weighted by molar-refractivity contribution is -0.139. The molecule has 1 atom stereocenters. The second-order valence-corrected chi connectivity index (χ2v) is 6.86. The first kappa shape index (κ1) is 14.1. The van der Waals surface area contributed by atoms with Crippen LogP contribution in [0, 0.1) is 11.3 Å². The maximum Gasteiger partial charge on any atom is 0.307 e. The maximum atomic E-state index is 12.4. The van der Waals surface area contributed by atoms with Crippen LogP contribution in [0.3, 0.4) is 0 Å². The van der Waals surface area contributed by atoms with Crippen molar-refractivity contribution < 1.29 is 19.5 Å². The Morgan fingerprint density at radius 3 is 2.33 bits per heavy atom. The summed E-state index contributed by atoms with van der Waals surface area (Å²) in [6, 6.07) is 3.18. The molecule has 0 bridgehead atoms. The van der Waals surface area contributed by atoms with Crippen molar-refractivity contribution in [2.24, 2.45) is 17.1 Å². The molecule has 6 nitrogen and oxygen atoms in total. The van der Waals surface area contributed by atoms with Crippen molar-refractivity contribution in [2.45, 2.75) is 19.3 Å². The summed E-state index contributed by atoms with van der Waals surface area (Å²) in [5.41, 5.74) is 5.10. The Labute approximate surface area is 125 Å². The van der Waals surface area contributed by atoms with Gasteiger partial charge in [0, 0.05) is 13.1 Å². The quantitative estimate of drug-likeness (QED) is 0.875. The molecule has 1 saturated carbocycles. The summed E-state index contributed by atoms with van der Waals surface area (Å²) < 4.78 is 0. The highest BCUT2D eigenvalue weighted by atomic mass is 32.1. The highest BCUT2D eigenvalue weighted by Gasteiger charge is 2.59. The molecule has 3 rings (SSSR count). The Balaban J connectivity index is 1.63. The van der Waals surface area contributed by atoms with E-state index in [-0.39, 0.29) is 17.2 Å². The van der Waals surface area contributed by atoms with Crippen molar-refractivity contribution in [1.29, 1.82) is 0 Å². The molecule has 1 unspecified atom stereocenters. The SMILES string of the molecule is NC(=O)c1ccc(C(=O)N2CCC3(CC2)CC3C(=O)O)s1. The molecule has 1 aliphatic heterocycles. The monoisotopic (exact) mass is 308 g/mol. The van der Waals surface area contributed by atoms with Gasteiger partial charge in [-0.1, -0.05) is 0 Å². The minimum Gasteiger partial charge on any atom is -0.481 e. The van der Waals surface area contributed by atoms with Crippen LogP contribution in [0.5, 0.6) is 0 Å². The molecule has 1 saturated heterocycles. The number of primary amides is 1. The molecule has 0 aromatic carbocycles. The predicted molar refractivity (Wildman–Crippen MR) is 76.2 cm³/mol. The Hall–Kier alpha value is -1.89. The van der Waals surface area contributed by atoms with Gasteiger partial charge in [0.15, 0.2) is 0 Å². The third-order valence-electron chi connectivity index (χ3n) is 4.59. The average molecular weight is 308 g/mol. The molecule has 1 aliphatic carbocycles. The molecule has 2 amide bonds. The Morgan fingerprint density at radius 1 is 1.24 bits per heavy atom. The fourth-order valence-corrected chi connectivity index (χ4v) is 3.97. The van der Waals surface area contributed by atoms with Gasteiger partial charge in [-0.05, 0) is 36.8 Å². The van der Waals surface area contributed by atoms with Crippen LogP contribution in [0.2, 0.25) is 0 Å². The fourth-order valence-electron chi connectivity index (χ4n) is 3.15. The number of carbonyl (C=O) groups is 3. The Morgan fingerprint density at radius 2 is 1.86 bits per heavy atom. The summed E-state index contributed by atoms with van der Waals surface area (Å²) in [5, 5.41) is 9.06. The van der Waals surface area contributed by atoms with Gasteiger partial charge in [0.05, 0.1) is 15.7 Å². The van der Waals surface area contributed by atoms with Crippen LogP contribution < -0.4 is 5.73 Å². The number of aliphatic carboxylic acids is 1. The summed E-state index contributed by atoms with van der Waals surface area (Å²) in [6.07, 6.45) is 2.21. The summed E-state index contributed by atoms with van der Waals surface area (Å²) in [7, 11) is 0. The maximum absolute atomic E-state index is 12.4. The molecule has 21 heavy (non-hydrogen) atoms. The molecule has 0 radical (unpaired) electrons. The number of nitrogens with two attached hydrogens (primary N) is 1. The van der Waals surface area contributed by atoms with Gasteiger partial charge in [-0.2, -0.15) is 0 Å². The van der Waals surface area contributed by atoms with E-state index in [1.807, 2.05) is 0 Å². The van der Waals surface area contributed by atoms with Gasteiger partial charge in [0.25, 0.3) is 11.8 Å². The zero-order valence-electron chi connectivity index (χ0n) is 11.4. The van der Waals surface area contributed by atoms with Gasteiger partial charge in [-0.15, -0.1) is 11.3 Å². The van der Waals surface area contributed by atoms with Crippen LogP contribution in [0.15, 0.2) is 12.1 Å². The highest BCUT2D eigenvalue weighted by molar-refractivity contribution is 7.15. The first-order chi connectivity index (χ1) is 9.93. The van der Waals surface area contributed by atoms with Crippen molar-refractivity contribution in [2.75, 3.05) is 13.1 Å². The van der Waals surface area contributed by atoms with Gasteiger partial charge < -0.3 is 15.7 Å². The largest absolute Gasteiger partial charge is 0.481 e.